The van der Waals surface area contributed by atoms with Crippen LogP contribution in [0.5, 0.6) is 0 Å². The van der Waals surface area contributed by atoms with Crippen LogP contribution in [0.2, 0.25) is 0 Å². The van der Waals surface area contributed by atoms with Crippen LogP contribution in [0.4, 0.5) is 17.2 Å². The highest BCUT2D eigenvalue weighted by Crippen LogP contribution is 2.22. The van der Waals surface area contributed by atoms with Crippen molar-refractivity contribution in [2.24, 2.45) is 0 Å². The van der Waals surface area contributed by atoms with Gasteiger partial charge in [-0.15, -0.1) is 10.2 Å². The van der Waals surface area contributed by atoms with Crippen LogP contribution in [0.25, 0.3) is 0 Å². The lowest BCUT2D eigenvalue weighted by Crippen LogP contribution is -2.19. The lowest BCUT2D eigenvalue weighted by Gasteiger charge is -2.21. The van der Waals surface area contributed by atoms with E-state index in [0.717, 1.165) is 12.2 Å². The van der Waals surface area contributed by atoms with Crippen molar-refractivity contribution in [1.29, 1.82) is 5.26 Å². The van der Waals surface area contributed by atoms with Crippen molar-refractivity contribution in [2.75, 3.05) is 16.8 Å². The zero-order valence-electron chi connectivity index (χ0n) is 14.3. The van der Waals surface area contributed by atoms with Crippen LogP contribution in [0.3, 0.4) is 0 Å². The summed E-state index contributed by atoms with van der Waals surface area (Å²) in [5, 5.41) is 19.9. The Morgan fingerprint density at radius 3 is 2.54 bits per heavy atom. The van der Waals surface area contributed by atoms with Gasteiger partial charge in [-0.25, -0.2) is 0 Å². The molecule has 0 unspecified atom stereocenters. The van der Waals surface area contributed by atoms with Gasteiger partial charge < -0.3 is 10.2 Å². The summed E-state index contributed by atoms with van der Waals surface area (Å²) >= 11 is 0. The Morgan fingerprint density at radius 2 is 1.88 bits per heavy atom. The number of carbonyl (C=O) groups is 1. The van der Waals surface area contributed by atoms with E-state index in [1.165, 1.54) is 0 Å². The van der Waals surface area contributed by atoms with E-state index in [0.29, 0.717) is 17.1 Å². The Balaban J connectivity index is 1.76. The second kappa shape index (κ2) is 7.90. The predicted octanol–water partition coefficient (Wildman–Crippen LogP) is 3.76. The molecule has 3 rings (SSSR count). The number of nitrogens with zero attached hydrogens (tertiary/aromatic N) is 4. The van der Waals surface area contributed by atoms with Crippen molar-refractivity contribution in [3.05, 3.63) is 78.0 Å². The fraction of sp³-hybridized carbons (Fsp3) is 0.100. The minimum atomic E-state index is -0.373. The molecular weight excluding hydrogens is 326 g/mol. The first-order valence-electron chi connectivity index (χ1n) is 8.19. The van der Waals surface area contributed by atoms with Crippen LogP contribution in [0.15, 0.2) is 66.7 Å². The third-order valence-electron chi connectivity index (χ3n) is 3.79. The Bertz CT molecular complexity index is 932. The average molecular weight is 343 g/mol. The number of carbonyl (C=O) groups excluding carboxylic acids is 1. The largest absolute Gasteiger partial charge is 0.325 e. The van der Waals surface area contributed by atoms with E-state index >= 15 is 0 Å². The number of anilines is 3. The molecule has 3 aromatic rings. The van der Waals surface area contributed by atoms with Crippen molar-refractivity contribution < 1.29 is 4.79 Å². The number of hydrogen-bond acceptors (Lipinski definition) is 5. The molecule has 0 radical (unpaired) electrons. The molecule has 128 valence electrons. The first kappa shape index (κ1) is 17.1. The Hall–Kier alpha value is -3.72. The van der Waals surface area contributed by atoms with Gasteiger partial charge in [0.15, 0.2) is 11.5 Å². The lowest BCUT2D eigenvalue weighted by molar-refractivity contribution is 0.102. The summed E-state index contributed by atoms with van der Waals surface area (Å²) in [7, 11) is 0. The molecule has 6 heteroatoms. The minimum absolute atomic E-state index is 0.209. The van der Waals surface area contributed by atoms with E-state index in [2.05, 4.69) is 15.5 Å². The first-order chi connectivity index (χ1) is 12.7. The maximum Gasteiger partial charge on any atom is 0.276 e. The van der Waals surface area contributed by atoms with E-state index in [-0.39, 0.29) is 11.6 Å². The predicted molar refractivity (Wildman–Crippen MR) is 100 cm³/mol. The molecule has 2 aromatic carbocycles. The Labute approximate surface area is 151 Å². The van der Waals surface area contributed by atoms with Gasteiger partial charge in [-0.2, -0.15) is 5.26 Å². The molecule has 0 aliphatic heterocycles. The van der Waals surface area contributed by atoms with E-state index in [4.69, 9.17) is 5.26 Å². The molecule has 0 fully saturated rings. The van der Waals surface area contributed by atoms with Gasteiger partial charge in [0.05, 0.1) is 11.6 Å². The van der Waals surface area contributed by atoms with Gasteiger partial charge in [0, 0.05) is 17.9 Å². The van der Waals surface area contributed by atoms with Gasteiger partial charge in [-0.3, -0.25) is 4.79 Å². The number of nitrogens with one attached hydrogen (secondary N) is 1. The van der Waals surface area contributed by atoms with Crippen LogP contribution >= 0.6 is 0 Å². The highest BCUT2D eigenvalue weighted by Gasteiger charge is 2.12. The topological polar surface area (TPSA) is 81.9 Å². The first-order valence-corrected chi connectivity index (χ1v) is 8.19. The Kier molecular flexibility index (Phi) is 5.20. The van der Waals surface area contributed by atoms with Crippen LogP contribution in [-0.2, 0) is 0 Å². The number of nitriles is 1. The molecule has 6 nitrogen and oxygen atoms in total. The van der Waals surface area contributed by atoms with Crippen LogP contribution < -0.4 is 10.2 Å². The number of hydrogen-bond donors (Lipinski definition) is 1. The van der Waals surface area contributed by atoms with Gasteiger partial charge in [0.1, 0.15) is 0 Å². The molecule has 0 atom stereocenters. The summed E-state index contributed by atoms with van der Waals surface area (Å²) < 4.78 is 0. The summed E-state index contributed by atoms with van der Waals surface area (Å²) in [6.07, 6.45) is 0. The lowest BCUT2D eigenvalue weighted by atomic mass is 10.2. The van der Waals surface area contributed by atoms with Crippen LogP contribution in [-0.4, -0.2) is 22.6 Å². The van der Waals surface area contributed by atoms with E-state index in [9.17, 15) is 4.79 Å². The molecule has 26 heavy (non-hydrogen) atoms. The van der Waals surface area contributed by atoms with Crippen molar-refractivity contribution in [3.8, 4) is 6.07 Å². The maximum atomic E-state index is 12.3. The molecular formula is C20H17N5O. The van der Waals surface area contributed by atoms with Gasteiger partial charge in [-0.1, -0.05) is 24.3 Å². The van der Waals surface area contributed by atoms with Crippen LogP contribution in [0, 0.1) is 11.3 Å². The van der Waals surface area contributed by atoms with E-state index in [1.54, 1.807) is 36.4 Å². The number of benzene rings is 2. The second-order valence-corrected chi connectivity index (χ2v) is 5.50. The molecule has 0 aliphatic rings. The van der Waals surface area contributed by atoms with Crippen molar-refractivity contribution >= 4 is 23.1 Å². The minimum Gasteiger partial charge on any atom is -0.325 e. The fourth-order valence-electron chi connectivity index (χ4n) is 2.54. The quantitative estimate of drug-likeness (QED) is 0.763. The molecule has 1 heterocycles. The highest BCUT2D eigenvalue weighted by molar-refractivity contribution is 6.02. The van der Waals surface area contributed by atoms with Crippen molar-refractivity contribution in [2.45, 2.75) is 6.92 Å². The fourth-order valence-corrected chi connectivity index (χ4v) is 2.54. The number of rotatable bonds is 5. The Morgan fingerprint density at radius 1 is 1.08 bits per heavy atom. The summed E-state index contributed by atoms with van der Waals surface area (Å²) in [5.41, 5.74) is 2.24. The van der Waals surface area contributed by atoms with Crippen LogP contribution in [0.1, 0.15) is 23.0 Å². The summed E-state index contributed by atoms with van der Waals surface area (Å²) in [6.45, 7) is 2.75. The van der Waals surface area contributed by atoms with E-state index < -0.39 is 0 Å². The molecule has 0 saturated carbocycles. The zero-order valence-corrected chi connectivity index (χ0v) is 14.3. The van der Waals surface area contributed by atoms with Gasteiger partial charge in [0.25, 0.3) is 5.91 Å². The van der Waals surface area contributed by atoms with E-state index in [1.807, 2.05) is 48.2 Å². The molecule has 0 bridgehead atoms. The average Bonchev–Trinajstić information content (AvgIpc) is 2.70. The van der Waals surface area contributed by atoms with Crippen molar-refractivity contribution in [3.63, 3.8) is 0 Å². The molecule has 0 spiro atoms. The summed E-state index contributed by atoms with van der Waals surface area (Å²) in [6, 6.07) is 22.0. The maximum absolute atomic E-state index is 12.3. The van der Waals surface area contributed by atoms with Gasteiger partial charge in [-0.05, 0) is 49.4 Å². The second-order valence-electron chi connectivity index (χ2n) is 5.50. The highest BCUT2D eigenvalue weighted by atomic mass is 16.1. The smallest absolute Gasteiger partial charge is 0.276 e. The number of amides is 1. The molecule has 1 amide bonds. The van der Waals surface area contributed by atoms with Gasteiger partial charge in [0.2, 0.25) is 0 Å². The normalized spacial score (nSPS) is 10.0. The molecule has 1 aromatic heterocycles. The molecule has 1 N–H and O–H groups in total. The van der Waals surface area contributed by atoms with Crippen molar-refractivity contribution in [1.82, 2.24) is 10.2 Å². The number of aromatic nitrogens is 2. The number of para-hydroxylation sites is 1. The molecule has 0 saturated heterocycles. The monoisotopic (exact) mass is 343 g/mol. The SMILES string of the molecule is CCN(c1ccccc1)c1ccc(C(=O)Nc2cccc(C#N)c2)nn1. The summed E-state index contributed by atoms with van der Waals surface area (Å²) in [4.78, 5) is 14.3. The third-order valence-corrected chi connectivity index (χ3v) is 3.79. The summed E-state index contributed by atoms with van der Waals surface area (Å²) in [5.74, 6) is 0.295. The van der Waals surface area contributed by atoms with Gasteiger partial charge >= 0.3 is 0 Å². The zero-order chi connectivity index (χ0) is 18.4. The third kappa shape index (κ3) is 3.84. The molecule has 0 aliphatic carbocycles. The standard InChI is InChI=1S/C20H17N5O/c1-2-25(17-9-4-3-5-10-17)19-12-11-18(23-24-19)20(26)22-16-8-6-7-15(13-16)14-21/h3-13H,2H2,1H3,(H,22,26).